The quantitative estimate of drug-likeness (QED) is 0.879. The fourth-order valence-corrected chi connectivity index (χ4v) is 1.84. The molecule has 0 bridgehead atoms. The number of nitrogens with one attached hydrogen (secondary N) is 1. The van der Waals surface area contributed by atoms with Crippen LogP contribution in [-0.4, -0.2) is 41.2 Å². The molecule has 1 rings (SSSR count). The molecule has 0 aliphatic heterocycles. The second-order valence-corrected chi connectivity index (χ2v) is 5.69. The van der Waals surface area contributed by atoms with Crippen LogP contribution in [0.25, 0.3) is 0 Å². The van der Waals surface area contributed by atoms with Gasteiger partial charge in [-0.25, -0.2) is 4.68 Å². The monoisotopic (exact) mass is 330 g/mol. The first kappa shape index (κ1) is 15.7. The average molecular weight is 331 g/mol. The van der Waals surface area contributed by atoms with E-state index in [4.69, 9.17) is 0 Å². The highest BCUT2D eigenvalue weighted by molar-refractivity contribution is 9.10. The number of nitrogens with zero attached hydrogens (tertiary/aromatic N) is 3. The minimum Gasteiger partial charge on any atom is -0.374 e. The van der Waals surface area contributed by atoms with Crippen LogP contribution in [0.5, 0.6) is 0 Å². The van der Waals surface area contributed by atoms with E-state index in [1.54, 1.807) is 20.3 Å². The summed E-state index contributed by atoms with van der Waals surface area (Å²) in [6.45, 7) is 4.73. The third-order valence-corrected chi connectivity index (χ3v) is 3.22. The van der Waals surface area contributed by atoms with Crippen molar-refractivity contribution in [2.75, 3.05) is 26.0 Å². The standard InChI is InChI=1S/C12H19BrN4O2/c1-8(2)7-17-12(19)11(13)9(5-15-17)14-6-10(18)16(3)4/h5,8,14H,6-7H2,1-4H3. The molecule has 0 saturated carbocycles. The maximum Gasteiger partial charge on any atom is 0.283 e. The van der Waals surface area contributed by atoms with Gasteiger partial charge in [0.05, 0.1) is 18.4 Å². The van der Waals surface area contributed by atoms with Gasteiger partial charge in [0.25, 0.3) is 5.56 Å². The molecule has 19 heavy (non-hydrogen) atoms. The highest BCUT2D eigenvalue weighted by Gasteiger charge is 2.11. The predicted octanol–water partition coefficient (Wildman–Crippen LogP) is 1.16. The second kappa shape index (κ2) is 6.70. The molecule has 0 spiro atoms. The number of carbonyl (C=O) groups is 1. The summed E-state index contributed by atoms with van der Waals surface area (Å²) in [5, 5.41) is 6.99. The van der Waals surface area contributed by atoms with Crippen molar-refractivity contribution in [3.8, 4) is 0 Å². The van der Waals surface area contributed by atoms with Gasteiger partial charge >= 0.3 is 0 Å². The number of aromatic nitrogens is 2. The SMILES string of the molecule is CC(C)Cn1ncc(NCC(=O)N(C)C)c(Br)c1=O. The summed E-state index contributed by atoms with van der Waals surface area (Å²) in [6, 6.07) is 0. The third-order valence-electron chi connectivity index (χ3n) is 2.45. The predicted molar refractivity (Wildman–Crippen MR) is 78.2 cm³/mol. The lowest BCUT2D eigenvalue weighted by molar-refractivity contribution is -0.126. The molecule has 7 heteroatoms. The van der Waals surface area contributed by atoms with Gasteiger partial charge in [0.1, 0.15) is 4.47 Å². The summed E-state index contributed by atoms with van der Waals surface area (Å²) < 4.78 is 1.81. The molecule has 1 amide bonds. The molecule has 6 nitrogen and oxygen atoms in total. The molecule has 0 aliphatic rings. The number of halogens is 1. The number of likely N-dealkylation sites (N-methyl/N-ethyl adjacent to an activating group) is 1. The van der Waals surface area contributed by atoms with Crippen LogP contribution >= 0.6 is 15.9 Å². The van der Waals surface area contributed by atoms with E-state index >= 15 is 0 Å². The van der Waals surface area contributed by atoms with Gasteiger partial charge in [-0.2, -0.15) is 5.10 Å². The number of anilines is 1. The number of hydrogen-bond donors (Lipinski definition) is 1. The molecule has 0 aliphatic carbocycles. The normalized spacial score (nSPS) is 10.6. The van der Waals surface area contributed by atoms with Gasteiger partial charge < -0.3 is 10.2 Å². The third kappa shape index (κ3) is 4.34. The van der Waals surface area contributed by atoms with Crippen molar-refractivity contribution in [1.29, 1.82) is 0 Å². The highest BCUT2D eigenvalue weighted by Crippen LogP contribution is 2.16. The van der Waals surface area contributed by atoms with Crippen LogP contribution < -0.4 is 10.9 Å². The number of carbonyl (C=O) groups excluding carboxylic acids is 1. The summed E-state index contributed by atoms with van der Waals surface area (Å²) >= 11 is 3.25. The zero-order valence-corrected chi connectivity index (χ0v) is 13.2. The summed E-state index contributed by atoms with van der Waals surface area (Å²) in [7, 11) is 3.36. The number of hydrogen-bond acceptors (Lipinski definition) is 4. The molecule has 0 atom stereocenters. The molecule has 1 heterocycles. The van der Waals surface area contributed by atoms with Gasteiger partial charge in [-0.3, -0.25) is 9.59 Å². The zero-order chi connectivity index (χ0) is 14.6. The van der Waals surface area contributed by atoms with E-state index in [0.29, 0.717) is 22.6 Å². The lowest BCUT2D eigenvalue weighted by atomic mass is 10.2. The summed E-state index contributed by atoms with van der Waals surface area (Å²) in [6.07, 6.45) is 1.55. The largest absolute Gasteiger partial charge is 0.374 e. The minimum absolute atomic E-state index is 0.0711. The second-order valence-electron chi connectivity index (χ2n) is 4.90. The van der Waals surface area contributed by atoms with Crippen LogP contribution in [-0.2, 0) is 11.3 Å². The van der Waals surface area contributed by atoms with Crippen molar-refractivity contribution in [2.45, 2.75) is 20.4 Å². The van der Waals surface area contributed by atoms with Crippen LogP contribution in [0.3, 0.4) is 0 Å². The van der Waals surface area contributed by atoms with Crippen molar-refractivity contribution in [3.05, 3.63) is 21.0 Å². The molecule has 1 N–H and O–H groups in total. The van der Waals surface area contributed by atoms with Crippen molar-refractivity contribution < 1.29 is 4.79 Å². The Kier molecular flexibility index (Phi) is 5.53. The molecule has 0 aromatic carbocycles. The van der Waals surface area contributed by atoms with Crippen LogP contribution in [0.2, 0.25) is 0 Å². The van der Waals surface area contributed by atoms with Crippen molar-refractivity contribution in [2.24, 2.45) is 5.92 Å². The Hall–Kier alpha value is -1.37. The number of amides is 1. The van der Waals surface area contributed by atoms with Gasteiger partial charge in [-0.1, -0.05) is 13.8 Å². The molecule has 0 unspecified atom stereocenters. The van der Waals surface area contributed by atoms with Gasteiger partial charge in [0.2, 0.25) is 5.91 Å². The average Bonchev–Trinajstić information content (AvgIpc) is 2.33. The summed E-state index contributed by atoms with van der Waals surface area (Å²) in [4.78, 5) is 25.0. The zero-order valence-electron chi connectivity index (χ0n) is 11.6. The van der Waals surface area contributed by atoms with E-state index < -0.39 is 0 Å². The molecule has 0 radical (unpaired) electrons. The fraction of sp³-hybridized carbons (Fsp3) is 0.583. The van der Waals surface area contributed by atoms with Gasteiger partial charge in [-0.15, -0.1) is 0 Å². The first-order chi connectivity index (χ1) is 8.82. The van der Waals surface area contributed by atoms with E-state index in [9.17, 15) is 9.59 Å². The molecular formula is C12H19BrN4O2. The summed E-state index contributed by atoms with van der Waals surface area (Å²) in [5.41, 5.74) is 0.330. The molecule has 0 fully saturated rings. The Labute approximate surface area is 120 Å². The highest BCUT2D eigenvalue weighted by atomic mass is 79.9. The van der Waals surface area contributed by atoms with Gasteiger partial charge in [-0.05, 0) is 21.8 Å². The molecular weight excluding hydrogens is 312 g/mol. The first-order valence-electron chi connectivity index (χ1n) is 6.02. The Balaban J connectivity index is 2.85. The van der Waals surface area contributed by atoms with Crippen molar-refractivity contribution in [1.82, 2.24) is 14.7 Å². The topological polar surface area (TPSA) is 67.2 Å². The molecule has 1 aromatic heterocycles. The van der Waals surface area contributed by atoms with E-state index in [2.05, 4.69) is 26.3 Å². The van der Waals surface area contributed by atoms with E-state index in [1.807, 2.05) is 13.8 Å². The molecule has 106 valence electrons. The maximum absolute atomic E-state index is 12.0. The van der Waals surface area contributed by atoms with Crippen LogP contribution in [0.15, 0.2) is 15.5 Å². The van der Waals surface area contributed by atoms with Gasteiger partial charge in [0, 0.05) is 20.6 Å². The van der Waals surface area contributed by atoms with E-state index in [-0.39, 0.29) is 18.0 Å². The number of rotatable bonds is 5. The Morgan fingerprint density at radius 2 is 2.16 bits per heavy atom. The molecule has 0 saturated heterocycles. The van der Waals surface area contributed by atoms with Crippen molar-refractivity contribution in [3.63, 3.8) is 0 Å². The molecule has 1 aromatic rings. The van der Waals surface area contributed by atoms with Crippen molar-refractivity contribution >= 4 is 27.5 Å². The van der Waals surface area contributed by atoms with Gasteiger partial charge in [0.15, 0.2) is 0 Å². The summed E-state index contributed by atoms with van der Waals surface area (Å²) in [5.74, 6) is 0.268. The van der Waals surface area contributed by atoms with E-state index in [0.717, 1.165) is 0 Å². The fourth-order valence-electron chi connectivity index (χ4n) is 1.39. The van der Waals surface area contributed by atoms with Crippen LogP contribution in [0.4, 0.5) is 5.69 Å². The lowest BCUT2D eigenvalue weighted by Crippen LogP contribution is -2.30. The Bertz CT molecular complexity index is 511. The Morgan fingerprint density at radius 3 is 2.68 bits per heavy atom. The van der Waals surface area contributed by atoms with Crippen LogP contribution in [0, 0.1) is 5.92 Å². The Morgan fingerprint density at radius 1 is 1.53 bits per heavy atom. The smallest absolute Gasteiger partial charge is 0.283 e. The lowest BCUT2D eigenvalue weighted by Gasteiger charge is -2.13. The van der Waals surface area contributed by atoms with E-state index in [1.165, 1.54) is 9.58 Å². The van der Waals surface area contributed by atoms with Crippen LogP contribution in [0.1, 0.15) is 13.8 Å². The first-order valence-corrected chi connectivity index (χ1v) is 6.82. The maximum atomic E-state index is 12.0. The minimum atomic E-state index is -0.198.